The molecule has 1 aliphatic carbocycles. The normalized spacial score (nSPS) is 23.1. The Kier molecular flexibility index (Phi) is 5.53. The van der Waals surface area contributed by atoms with E-state index in [4.69, 9.17) is 9.83 Å². The van der Waals surface area contributed by atoms with Crippen LogP contribution in [0.3, 0.4) is 0 Å². The summed E-state index contributed by atoms with van der Waals surface area (Å²) in [6.45, 7) is 9.20. The van der Waals surface area contributed by atoms with E-state index in [9.17, 15) is 4.39 Å². The molecule has 29 heavy (non-hydrogen) atoms. The van der Waals surface area contributed by atoms with Crippen LogP contribution in [0.4, 0.5) is 4.39 Å². The first-order chi connectivity index (χ1) is 13.9. The number of halogens is 1. The third-order valence-electron chi connectivity index (χ3n) is 6.19. The molecule has 1 aliphatic heterocycles. The van der Waals surface area contributed by atoms with Gasteiger partial charge in [0.25, 0.3) is 0 Å². The number of benzene rings is 1. The van der Waals surface area contributed by atoms with Crippen LogP contribution in [0, 0.1) is 24.1 Å². The van der Waals surface area contributed by atoms with E-state index in [-0.39, 0.29) is 17.1 Å². The van der Waals surface area contributed by atoms with Crippen molar-refractivity contribution in [3.8, 4) is 0 Å². The van der Waals surface area contributed by atoms with Crippen molar-refractivity contribution in [2.75, 3.05) is 32.4 Å². The minimum Gasteiger partial charge on any atom is -0.440 e. The van der Waals surface area contributed by atoms with Crippen LogP contribution in [0.5, 0.6) is 0 Å². The lowest BCUT2D eigenvalue weighted by atomic mass is 9.95. The maximum Gasteiger partial charge on any atom is 0.192 e. The summed E-state index contributed by atoms with van der Waals surface area (Å²) in [4.78, 5) is 8.32. The van der Waals surface area contributed by atoms with Gasteiger partial charge >= 0.3 is 0 Å². The summed E-state index contributed by atoms with van der Waals surface area (Å²) in [6, 6.07) is 7.08. The third kappa shape index (κ3) is 3.98. The van der Waals surface area contributed by atoms with E-state index >= 15 is 0 Å². The molecule has 2 fully saturated rings. The first-order valence-corrected chi connectivity index (χ1v) is 10.9. The Morgan fingerprint density at radius 2 is 2.21 bits per heavy atom. The zero-order chi connectivity index (χ0) is 20.6. The van der Waals surface area contributed by atoms with Crippen molar-refractivity contribution in [1.82, 2.24) is 14.8 Å². The summed E-state index contributed by atoms with van der Waals surface area (Å²) < 4.78 is 18.5. The highest BCUT2D eigenvalue weighted by atomic mass is 32.2. The van der Waals surface area contributed by atoms with E-state index in [0.29, 0.717) is 17.4 Å². The van der Waals surface area contributed by atoms with Gasteiger partial charge in [0, 0.05) is 31.3 Å². The predicted molar refractivity (Wildman–Crippen MR) is 115 cm³/mol. The zero-order valence-electron chi connectivity index (χ0n) is 16.9. The number of likely N-dealkylation sites (tertiary alicyclic amines) is 1. The Morgan fingerprint density at radius 1 is 1.45 bits per heavy atom. The summed E-state index contributed by atoms with van der Waals surface area (Å²) in [5, 5.41) is 9.10. The molecule has 7 heteroatoms. The first kappa shape index (κ1) is 20.2. The van der Waals surface area contributed by atoms with Gasteiger partial charge in [-0.3, -0.25) is 5.41 Å². The highest BCUT2D eigenvalue weighted by molar-refractivity contribution is 8.02. The van der Waals surface area contributed by atoms with E-state index in [0.717, 1.165) is 36.8 Å². The standard InChI is InChI=1S/C22H27FN4OS/c1-15-20(28-14-25-15)21(24)26(3)16(2)29-10-4-9-27-12-18-11-22(18,13-27)17-5-7-19(23)8-6-17/h5-8,14,18,24H,2,4,9-13H2,1,3H3/t18?,22-/m0/s1. The second-order valence-electron chi connectivity index (χ2n) is 8.07. The molecule has 0 amide bonds. The Bertz CT molecular complexity index is 912. The lowest BCUT2D eigenvalue weighted by molar-refractivity contribution is 0.299. The average molecular weight is 415 g/mol. The minimum atomic E-state index is -0.161. The Hall–Kier alpha value is -2.12. The molecule has 1 saturated carbocycles. The van der Waals surface area contributed by atoms with Gasteiger partial charge in [-0.25, -0.2) is 9.37 Å². The van der Waals surface area contributed by atoms with Crippen molar-refractivity contribution in [2.24, 2.45) is 5.92 Å². The van der Waals surface area contributed by atoms with E-state index in [1.165, 1.54) is 18.4 Å². The summed E-state index contributed by atoms with van der Waals surface area (Å²) in [6.07, 6.45) is 3.66. The summed E-state index contributed by atoms with van der Waals surface area (Å²) in [5.74, 6) is 2.27. The van der Waals surface area contributed by atoms with Gasteiger partial charge in [-0.1, -0.05) is 18.7 Å². The number of piperidine rings is 1. The van der Waals surface area contributed by atoms with Crippen LogP contribution in [0.25, 0.3) is 0 Å². The molecular weight excluding hydrogens is 387 g/mol. The number of thioether (sulfide) groups is 1. The molecule has 0 radical (unpaired) electrons. The van der Waals surface area contributed by atoms with Crippen molar-refractivity contribution >= 4 is 17.6 Å². The van der Waals surface area contributed by atoms with Crippen LogP contribution in [-0.2, 0) is 5.41 Å². The van der Waals surface area contributed by atoms with Crippen LogP contribution in [-0.4, -0.2) is 53.1 Å². The average Bonchev–Trinajstić information content (AvgIpc) is 3.05. The number of hydrogen-bond donors (Lipinski definition) is 1. The van der Waals surface area contributed by atoms with Crippen LogP contribution in [0.2, 0.25) is 0 Å². The zero-order valence-corrected chi connectivity index (χ0v) is 17.8. The molecule has 1 saturated heterocycles. The number of hydrogen-bond acceptors (Lipinski definition) is 5. The number of rotatable bonds is 8. The molecule has 2 aromatic rings. The number of amidine groups is 1. The van der Waals surface area contributed by atoms with Crippen molar-refractivity contribution < 1.29 is 8.81 Å². The molecule has 1 N–H and O–H groups in total. The number of oxazole rings is 1. The van der Waals surface area contributed by atoms with Gasteiger partial charge in [-0.2, -0.15) is 0 Å². The third-order valence-corrected chi connectivity index (χ3v) is 7.29. The van der Waals surface area contributed by atoms with Crippen molar-refractivity contribution in [2.45, 2.75) is 25.2 Å². The fourth-order valence-electron chi connectivity index (χ4n) is 4.37. The predicted octanol–water partition coefficient (Wildman–Crippen LogP) is 4.25. The Labute approximate surface area is 175 Å². The fraction of sp³-hybridized carbons (Fsp3) is 0.455. The first-order valence-electron chi connectivity index (χ1n) is 9.93. The molecule has 0 bridgehead atoms. The molecule has 2 aliphatic rings. The van der Waals surface area contributed by atoms with Crippen LogP contribution in [0.15, 0.2) is 46.7 Å². The van der Waals surface area contributed by atoms with Gasteiger partial charge in [0.2, 0.25) is 0 Å². The highest BCUT2D eigenvalue weighted by Gasteiger charge is 2.60. The second kappa shape index (κ2) is 7.95. The smallest absolute Gasteiger partial charge is 0.192 e. The van der Waals surface area contributed by atoms with Crippen LogP contribution in [0.1, 0.15) is 29.9 Å². The Balaban J connectivity index is 1.21. The van der Waals surface area contributed by atoms with Gasteiger partial charge in [0.05, 0.1) is 10.7 Å². The van der Waals surface area contributed by atoms with E-state index in [1.807, 2.05) is 26.1 Å². The van der Waals surface area contributed by atoms with E-state index in [2.05, 4.69) is 16.5 Å². The van der Waals surface area contributed by atoms with Gasteiger partial charge in [0.15, 0.2) is 18.0 Å². The number of aryl methyl sites for hydroxylation is 1. The number of nitrogens with one attached hydrogen (secondary N) is 1. The summed E-state index contributed by atoms with van der Waals surface area (Å²) in [5.41, 5.74) is 2.26. The molecule has 1 aromatic carbocycles. The molecule has 4 rings (SSSR count). The lowest BCUT2D eigenvalue weighted by Crippen LogP contribution is -2.28. The topological polar surface area (TPSA) is 56.4 Å². The van der Waals surface area contributed by atoms with Crippen molar-refractivity contribution in [3.05, 3.63) is 65.1 Å². The number of aromatic nitrogens is 1. The number of fused-ring (bicyclic) bond motifs is 1. The molecule has 1 unspecified atom stereocenters. The molecule has 154 valence electrons. The fourth-order valence-corrected chi connectivity index (χ4v) is 5.16. The monoisotopic (exact) mass is 414 g/mol. The van der Waals surface area contributed by atoms with Gasteiger partial charge < -0.3 is 14.2 Å². The molecule has 2 heterocycles. The number of nitrogens with zero attached hydrogens (tertiary/aromatic N) is 3. The minimum absolute atomic E-state index is 0.161. The molecule has 0 spiro atoms. The van der Waals surface area contributed by atoms with Crippen LogP contribution >= 0.6 is 11.8 Å². The quantitative estimate of drug-likeness (QED) is 0.398. The molecule has 5 nitrogen and oxygen atoms in total. The van der Waals surface area contributed by atoms with Gasteiger partial charge in [0.1, 0.15) is 5.82 Å². The van der Waals surface area contributed by atoms with Crippen molar-refractivity contribution in [1.29, 1.82) is 5.41 Å². The summed E-state index contributed by atoms with van der Waals surface area (Å²) in [7, 11) is 1.83. The molecule has 2 atom stereocenters. The molecular formula is C22H27FN4OS. The van der Waals surface area contributed by atoms with E-state index < -0.39 is 0 Å². The highest BCUT2D eigenvalue weighted by Crippen LogP contribution is 2.58. The molecule has 1 aromatic heterocycles. The van der Waals surface area contributed by atoms with Crippen LogP contribution < -0.4 is 0 Å². The Morgan fingerprint density at radius 3 is 2.90 bits per heavy atom. The largest absolute Gasteiger partial charge is 0.440 e. The van der Waals surface area contributed by atoms with Gasteiger partial charge in [-0.15, -0.1) is 11.8 Å². The maximum absolute atomic E-state index is 13.2. The second-order valence-corrected chi connectivity index (χ2v) is 9.24. The lowest BCUT2D eigenvalue weighted by Gasteiger charge is -2.22. The van der Waals surface area contributed by atoms with Crippen molar-refractivity contribution in [3.63, 3.8) is 0 Å². The maximum atomic E-state index is 13.2. The SMILES string of the molecule is C=C(SCCCN1CC2C[C@@]2(c2ccc(F)cc2)C1)N(C)C(=N)c1ocnc1C. The van der Waals surface area contributed by atoms with E-state index in [1.54, 1.807) is 28.8 Å². The summed E-state index contributed by atoms with van der Waals surface area (Å²) >= 11 is 1.67. The van der Waals surface area contributed by atoms with Gasteiger partial charge in [-0.05, 0) is 49.9 Å².